The van der Waals surface area contributed by atoms with Crippen LogP contribution in [0.2, 0.25) is 0 Å². The van der Waals surface area contributed by atoms with Crippen LogP contribution in [0.25, 0.3) is 0 Å². The molecule has 2 aliphatic rings. The van der Waals surface area contributed by atoms with Gasteiger partial charge in [-0.1, -0.05) is 0 Å². The number of halogens is 1. The van der Waals surface area contributed by atoms with Crippen LogP contribution in [-0.2, 0) is 19.2 Å². The van der Waals surface area contributed by atoms with Gasteiger partial charge >= 0.3 is 159 Å². The summed E-state index contributed by atoms with van der Waals surface area (Å²) in [5.74, 6) is 0. The van der Waals surface area contributed by atoms with E-state index in [0.29, 0.717) is 0 Å². The molecule has 3 rings (SSSR count). The van der Waals surface area contributed by atoms with E-state index in [1.54, 1.807) is 5.30 Å². The molecule has 2 fully saturated rings. The van der Waals surface area contributed by atoms with Crippen LogP contribution in [-0.4, -0.2) is 14.9 Å². The molecule has 0 radical (unpaired) electrons. The van der Waals surface area contributed by atoms with Gasteiger partial charge in [-0.3, -0.25) is 0 Å². The Kier molecular flexibility index (Phi) is 6.66. The van der Waals surface area contributed by atoms with Crippen molar-refractivity contribution in [1.82, 2.24) is 0 Å². The van der Waals surface area contributed by atoms with Crippen LogP contribution < -0.4 is 5.30 Å². The normalized spacial score (nSPS) is 23.7. The Hall–Kier alpha value is 0.602. The number of alkyl halides is 1. The summed E-state index contributed by atoms with van der Waals surface area (Å²) in [6.07, 6.45) is 14.2. The van der Waals surface area contributed by atoms with Gasteiger partial charge in [-0.2, -0.15) is 0 Å². The quantitative estimate of drug-likeness (QED) is 0.299. The van der Waals surface area contributed by atoms with Gasteiger partial charge < -0.3 is 0 Å². The van der Waals surface area contributed by atoms with Gasteiger partial charge in [0.15, 0.2) is 0 Å². The second kappa shape index (κ2) is 8.32. The summed E-state index contributed by atoms with van der Waals surface area (Å²) in [6, 6.07) is 9.51. The zero-order valence-electron chi connectivity index (χ0n) is 14.3. The molecule has 1 unspecified atom stereocenters. The van der Waals surface area contributed by atoms with Gasteiger partial charge in [0.05, 0.1) is 0 Å². The molecule has 0 amide bonds. The molecule has 1 aromatic carbocycles. The third-order valence-corrected chi connectivity index (χ3v) is 15.6. The fraction of sp³-hybridized carbons (Fsp3) is 0.700. The van der Waals surface area contributed by atoms with Crippen molar-refractivity contribution in [3.63, 3.8) is 0 Å². The fourth-order valence-corrected chi connectivity index (χ4v) is 15.6. The molecule has 1 atom stereocenters. The molecule has 0 N–H and O–H groups in total. The van der Waals surface area contributed by atoms with E-state index in [9.17, 15) is 0 Å². The molecule has 2 saturated carbocycles. The zero-order chi connectivity index (χ0) is 16.3. The summed E-state index contributed by atoms with van der Waals surface area (Å²) >= 11 is 10.7. The topological polar surface area (TPSA) is 0 Å². The molecule has 0 nitrogen and oxygen atoms in total. The molecule has 0 aromatic heterocycles. The summed E-state index contributed by atoms with van der Waals surface area (Å²) in [5.41, 5.74) is 3.12. The first-order valence-corrected chi connectivity index (χ1v) is 13.0. The Bertz CT molecular complexity index is 469. The summed E-state index contributed by atoms with van der Waals surface area (Å²) in [4.78, 5) is 0. The van der Waals surface area contributed by atoms with Gasteiger partial charge in [0.1, 0.15) is 0 Å². The SMILES string of the molecule is Cc1ccc([PH]([CH](Cl)[Pd])(C2CCCCC2)C2CCCCC2)cc1. The molecule has 133 valence electrons. The van der Waals surface area contributed by atoms with E-state index in [-0.39, 0.29) is 3.59 Å². The van der Waals surface area contributed by atoms with E-state index in [2.05, 4.69) is 50.4 Å². The monoisotopic (exact) mass is 443 g/mol. The molecule has 3 heteroatoms. The Morgan fingerprint density at radius 3 is 1.70 bits per heavy atom. The second-order valence-corrected chi connectivity index (χ2v) is 15.4. The van der Waals surface area contributed by atoms with Gasteiger partial charge in [-0.25, -0.2) is 0 Å². The Balaban J connectivity index is 2.06. The number of benzene rings is 1. The standard InChI is InChI=1S/C20H31ClP.Pd/c1-17-12-14-20(15-13-17)22(16-21,18-8-4-2-5-9-18)19-10-6-3-7-11-19;/h12-16,18-19,22H,2-11H2,1H3;. The molecular weight excluding hydrogens is 413 g/mol. The molecule has 0 bridgehead atoms. The van der Waals surface area contributed by atoms with Crippen LogP contribution in [0.5, 0.6) is 0 Å². The second-order valence-electron chi connectivity index (χ2n) is 7.74. The van der Waals surface area contributed by atoms with E-state index >= 15 is 0 Å². The van der Waals surface area contributed by atoms with Crippen molar-refractivity contribution in [2.75, 3.05) is 0 Å². The van der Waals surface area contributed by atoms with E-state index < -0.39 is 7.26 Å². The average Bonchev–Trinajstić information content (AvgIpc) is 2.59. The van der Waals surface area contributed by atoms with Crippen LogP contribution in [0.4, 0.5) is 0 Å². The zero-order valence-corrected chi connectivity index (χ0v) is 17.6. The summed E-state index contributed by atoms with van der Waals surface area (Å²) in [5, 5.41) is 1.63. The first-order chi connectivity index (χ1) is 11.2. The third-order valence-electron chi connectivity index (χ3n) is 6.44. The van der Waals surface area contributed by atoms with Gasteiger partial charge in [0.2, 0.25) is 0 Å². The predicted molar refractivity (Wildman–Crippen MR) is 103 cm³/mol. The number of rotatable bonds is 4. The molecule has 0 spiro atoms. The Labute approximate surface area is 158 Å². The van der Waals surface area contributed by atoms with E-state index in [1.165, 1.54) is 69.8 Å². The molecule has 1 aromatic rings. The molecular formula is C20H31ClPPd. The number of hydrogen-bond donors (Lipinski definition) is 0. The predicted octanol–water partition coefficient (Wildman–Crippen LogP) is 6.10. The number of aryl methyl sites for hydroxylation is 1. The maximum absolute atomic E-state index is 7.04. The van der Waals surface area contributed by atoms with Crippen molar-refractivity contribution in [3.05, 3.63) is 29.8 Å². The van der Waals surface area contributed by atoms with Crippen molar-refractivity contribution in [3.8, 4) is 0 Å². The maximum atomic E-state index is 7.04. The van der Waals surface area contributed by atoms with Gasteiger partial charge in [0, 0.05) is 0 Å². The molecule has 2 aliphatic carbocycles. The summed E-state index contributed by atoms with van der Waals surface area (Å²) < 4.78 is 0.208. The Morgan fingerprint density at radius 2 is 1.30 bits per heavy atom. The summed E-state index contributed by atoms with van der Waals surface area (Å²) in [6.45, 7) is 2.20. The van der Waals surface area contributed by atoms with Gasteiger partial charge in [-0.05, 0) is 0 Å². The molecule has 0 aliphatic heterocycles. The van der Waals surface area contributed by atoms with Gasteiger partial charge in [-0.15, -0.1) is 0 Å². The van der Waals surface area contributed by atoms with Crippen molar-refractivity contribution >= 4 is 24.2 Å². The fourth-order valence-electron chi connectivity index (χ4n) is 5.25. The molecule has 0 saturated heterocycles. The van der Waals surface area contributed by atoms with Crippen LogP contribution in [0.3, 0.4) is 0 Å². The van der Waals surface area contributed by atoms with E-state index in [0.717, 1.165) is 11.3 Å². The Morgan fingerprint density at radius 1 is 0.870 bits per heavy atom. The average molecular weight is 444 g/mol. The third kappa shape index (κ3) is 3.75. The summed E-state index contributed by atoms with van der Waals surface area (Å²) in [7, 11) is -1.77. The first kappa shape index (κ1) is 18.4. The minimum absolute atomic E-state index is 0.208. The van der Waals surface area contributed by atoms with Crippen LogP contribution in [0.15, 0.2) is 24.3 Å². The van der Waals surface area contributed by atoms with Crippen molar-refractivity contribution in [2.45, 2.75) is 86.0 Å². The van der Waals surface area contributed by atoms with Crippen molar-refractivity contribution < 1.29 is 19.2 Å². The number of hydrogen-bond acceptors (Lipinski definition) is 0. The molecule has 0 heterocycles. The van der Waals surface area contributed by atoms with Gasteiger partial charge in [0.25, 0.3) is 0 Å². The first-order valence-electron chi connectivity index (χ1n) is 9.47. The van der Waals surface area contributed by atoms with Crippen molar-refractivity contribution in [1.29, 1.82) is 0 Å². The van der Waals surface area contributed by atoms with Crippen molar-refractivity contribution in [2.24, 2.45) is 0 Å². The van der Waals surface area contributed by atoms with Crippen LogP contribution in [0, 0.1) is 6.92 Å². The van der Waals surface area contributed by atoms with Crippen LogP contribution >= 0.6 is 18.9 Å². The van der Waals surface area contributed by atoms with E-state index in [4.69, 9.17) is 11.6 Å². The minimum atomic E-state index is -1.77. The van der Waals surface area contributed by atoms with Crippen LogP contribution in [0.1, 0.15) is 69.8 Å². The van der Waals surface area contributed by atoms with E-state index in [1.807, 2.05) is 0 Å². The molecule has 23 heavy (non-hydrogen) atoms.